The summed E-state index contributed by atoms with van der Waals surface area (Å²) in [5.74, 6) is 0.570. The average Bonchev–Trinajstić information content (AvgIpc) is 2.82. The van der Waals surface area contributed by atoms with Crippen molar-refractivity contribution in [2.75, 3.05) is 7.11 Å². The van der Waals surface area contributed by atoms with Crippen molar-refractivity contribution >= 4 is 17.0 Å². The van der Waals surface area contributed by atoms with E-state index in [1.807, 2.05) is 65.6 Å². The molecule has 6 heteroatoms. The first-order valence-corrected chi connectivity index (χ1v) is 11.2. The summed E-state index contributed by atoms with van der Waals surface area (Å²) in [4.78, 5) is 19.3. The van der Waals surface area contributed by atoms with Gasteiger partial charge in [0.1, 0.15) is 6.61 Å². The molecular formula is C26H28N2O4. The number of benzene rings is 2. The Bertz CT molecular complexity index is 1100. The number of carbonyl (C=O) groups excluding carboxylic acids is 1. The van der Waals surface area contributed by atoms with Gasteiger partial charge in [-0.3, -0.25) is 0 Å². The van der Waals surface area contributed by atoms with Crippen molar-refractivity contribution in [3.63, 3.8) is 0 Å². The Morgan fingerprint density at radius 2 is 1.84 bits per heavy atom. The predicted octanol–water partition coefficient (Wildman–Crippen LogP) is 4.78. The number of amides is 1. The molecule has 0 aliphatic carbocycles. The van der Waals surface area contributed by atoms with Gasteiger partial charge in [0.2, 0.25) is 5.88 Å². The number of pyridine rings is 1. The summed E-state index contributed by atoms with van der Waals surface area (Å²) in [6.45, 7) is 0.265. The van der Waals surface area contributed by atoms with Gasteiger partial charge in [-0.1, -0.05) is 36.4 Å². The highest BCUT2D eigenvalue weighted by Crippen LogP contribution is 2.45. The maximum Gasteiger partial charge on any atom is 0.410 e. The average molecular weight is 433 g/mol. The third-order valence-electron chi connectivity index (χ3n) is 6.83. The van der Waals surface area contributed by atoms with E-state index >= 15 is 0 Å². The largest absolute Gasteiger partial charge is 0.481 e. The van der Waals surface area contributed by atoms with Gasteiger partial charge in [-0.05, 0) is 48.6 Å². The SMILES string of the molecule is COc1ccc2cc(C3(O)CC4CCCC(C3)N4C(=O)OCc3ccccc3)ccc2n1. The number of aliphatic hydroxyl groups is 1. The highest BCUT2D eigenvalue weighted by Gasteiger charge is 2.48. The van der Waals surface area contributed by atoms with Crippen LogP contribution in [0.5, 0.6) is 5.88 Å². The zero-order chi connectivity index (χ0) is 22.1. The minimum Gasteiger partial charge on any atom is -0.481 e. The molecule has 2 aliphatic heterocycles. The van der Waals surface area contributed by atoms with Crippen LogP contribution in [-0.2, 0) is 16.9 Å². The van der Waals surface area contributed by atoms with Crippen molar-refractivity contribution in [2.45, 2.75) is 56.4 Å². The minimum atomic E-state index is -0.972. The van der Waals surface area contributed by atoms with Crippen molar-refractivity contribution in [2.24, 2.45) is 0 Å². The second kappa shape index (κ2) is 8.43. The second-order valence-corrected chi connectivity index (χ2v) is 8.89. The highest BCUT2D eigenvalue weighted by molar-refractivity contribution is 5.80. The summed E-state index contributed by atoms with van der Waals surface area (Å²) in [5, 5.41) is 12.7. The Kier molecular flexibility index (Phi) is 5.47. The summed E-state index contributed by atoms with van der Waals surface area (Å²) in [6.07, 6.45) is 3.57. The molecular weight excluding hydrogens is 404 g/mol. The monoisotopic (exact) mass is 432 g/mol. The molecule has 2 fully saturated rings. The van der Waals surface area contributed by atoms with Gasteiger partial charge in [-0.15, -0.1) is 0 Å². The summed E-state index contributed by atoms with van der Waals surface area (Å²) in [6, 6.07) is 19.4. The molecule has 6 nitrogen and oxygen atoms in total. The highest BCUT2D eigenvalue weighted by atomic mass is 16.6. The number of methoxy groups -OCH3 is 1. The van der Waals surface area contributed by atoms with Crippen LogP contribution in [0.1, 0.15) is 43.2 Å². The normalized spacial score (nSPS) is 24.9. The van der Waals surface area contributed by atoms with Crippen LogP contribution in [0.2, 0.25) is 0 Å². The molecule has 2 aromatic carbocycles. The molecule has 1 N–H and O–H groups in total. The van der Waals surface area contributed by atoms with Crippen LogP contribution in [0.3, 0.4) is 0 Å². The fourth-order valence-electron chi connectivity index (χ4n) is 5.27. The molecule has 0 radical (unpaired) electrons. The van der Waals surface area contributed by atoms with Crippen LogP contribution in [0.4, 0.5) is 4.79 Å². The van der Waals surface area contributed by atoms with Crippen molar-refractivity contribution in [1.82, 2.24) is 9.88 Å². The Balaban J connectivity index is 1.35. The van der Waals surface area contributed by atoms with Gasteiger partial charge >= 0.3 is 6.09 Å². The molecule has 32 heavy (non-hydrogen) atoms. The maximum atomic E-state index is 13.0. The third kappa shape index (κ3) is 3.91. The molecule has 2 aliphatic rings. The van der Waals surface area contributed by atoms with Crippen LogP contribution in [-0.4, -0.2) is 40.3 Å². The molecule has 0 saturated carbocycles. The number of ether oxygens (including phenoxy) is 2. The summed E-state index contributed by atoms with van der Waals surface area (Å²) >= 11 is 0. The number of rotatable bonds is 4. The van der Waals surface area contributed by atoms with E-state index in [1.165, 1.54) is 0 Å². The molecule has 0 spiro atoms. The summed E-state index contributed by atoms with van der Waals surface area (Å²) in [5.41, 5.74) is 1.71. The van der Waals surface area contributed by atoms with Crippen LogP contribution < -0.4 is 4.74 Å². The molecule has 3 aromatic rings. The smallest absolute Gasteiger partial charge is 0.410 e. The van der Waals surface area contributed by atoms with Crippen LogP contribution in [0.25, 0.3) is 10.9 Å². The number of aromatic nitrogens is 1. The van der Waals surface area contributed by atoms with E-state index in [9.17, 15) is 9.90 Å². The Morgan fingerprint density at radius 3 is 2.56 bits per heavy atom. The fraction of sp³-hybridized carbons (Fsp3) is 0.385. The first kappa shape index (κ1) is 20.8. The topological polar surface area (TPSA) is 71.9 Å². The van der Waals surface area contributed by atoms with E-state index in [0.29, 0.717) is 18.7 Å². The Morgan fingerprint density at radius 1 is 1.09 bits per heavy atom. The van der Waals surface area contributed by atoms with Gasteiger partial charge in [-0.2, -0.15) is 0 Å². The van der Waals surface area contributed by atoms with Gasteiger partial charge in [0.15, 0.2) is 0 Å². The Labute approximate surface area is 187 Å². The van der Waals surface area contributed by atoms with E-state index < -0.39 is 5.60 Å². The molecule has 166 valence electrons. The van der Waals surface area contributed by atoms with Crippen molar-refractivity contribution < 1.29 is 19.4 Å². The maximum absolute atomic E-state index is 13.0. The summed E-state index contributed by atoms with van der Waals surface area (Å²) < 4.78 is 10.9. The molecule has 5 rings (SSSR count). The van der Waals surface area contributed by atoms with Gasteiger partial charge in [0.05, 0.1) is 18.2 Å². The Hall–Kier alpha value is -3.12. The molecule has 2 bridgehead atoms. The third-order valence-corrected chi connectivity index (χ3v) is 6.83. The van der Waals surface area contributed by atoms with Gasteiger partial charge in [-0.25, -0.2) is 9.78 Å². The lowest BCUT2D eigenvalue weighted by atomic mass is 9.72. The van der Waals surface area contributed by atoms with E-state index in [1.54, 1.807) is 7.11 Å². The second-order valence-electron chi connectivity index (χ2n) is 8.89. The van der Waals surface area contributed by atoms with Crippen molar-refractivity contribution in [1.29, 1.82) is 0 Å². The molecule has 3 heterocycles. The van der Waals surface area contributed by atoms with Crippen molar-refractivity contribution in [3.05, 3.63) is 71.8 Å². The molecule has 2 unspecified atom stereocenters. The summed E-state index contributed by atoms with van der Waals surface area (Å²) in [7, 11) is 1.60. The lowest BCUT2D eigenvalue weighted by Crippen LogP contribution is -2.58. The fourth-order valence-corrected chi connectivity index (χ4v) is 5.27. The van der Waals surface area contributed by atoms with Gasteiger partial charge in [0.25, 0.3) is 0 Å². The number of nitrogens with zero attached hydrogens (tertiary/aromatic N) is 2. The number of carbonyl (C=O) groups is 1. The lowest BCUT2D eigenvalue weighted by Gasteiger charge is -2.51. The number of hydrogen-bond acceptors (Lipinski definition) is 5. The zero-order valence-corrected chi connectivity index (χ0v) is 18.2. The van der Waals surface area contributed by atoms with Crippen LogP contribution in [0, 0.1) is 0 Å². The zero-order valence-electron chi connectivity index (χ0n) is 18.2. The number of fused-ring (bicyclic) bond motifs is 3. The van der Waals surface area contributed by atoms with E-state index in [4.69, 9.17) is 9.47 Å². The van der Waals surface area contributed by atoms with Gasteiger partial charge in [0, 0.05) is 36.4 Å². The van der Waals surface area contributed by atoms with E-state index in [2.05, 4.69) is 4.98 Å². The van der Waals surface area contributed by atoms with Crippen molar-refractivity contribution in [3.8, 4) is 5.88 Å². The standard InChI is InChI=1S/C26H28N2O4/c1-31-24-13-10-19-14-20(11-12-23(19)27-24)26(30)15-21-8-5-9-22(16-26)28(21)25(29)32-17-18-6-3-2-4-7-18/h2-4,6-7,10-14,21-22,30H,5,8-9,15-17H2,1H3. The molecule has 2 atom stereocenters. The quantitative estimate of drug-likeness (QED) is 0.642. The molecule has 1 aromatic heterocycles. The number of hydrogen-bond donors (Lipinski definition) is 1. The van der Waals surface area contributed by atoms with E-state index in [0.717, 1.165) is 41.3 Å². The van der Waals surface area contributed by atoms with Crippen LogP contribution >= 0.6 is 0 Å². The molecule has 1 amide bonds. The van der Waals surface area contributed by atoms with Gasteiger partial charge < -0.3 is 19.5 Å². The predicted molar refractivity (Wildman–Crippen MR) is 121 cm³/mol. The minimum absolute atomic E-state index is 0.0273. The van der Waals surface area contributed by atoms with E-state index in [-0.39, 0.29) is 24.8 Å². The molecule has 2 saturated heterocycles. The lowest BCUT2D eigenvalue weighted by molar-refractivity contribution is -0.0895. The first-order chi connectivity index (χ1) is 15.6. The van der Waals surface area contributed by atoms with Crippen LogP contribution in [0.15, 0.2) is 60.7 Å². The first-order valence-electron chi connectivity index (χ1n) is 11.2. The number of piperidine rings is 2.